The van der Waals surface area contributed by atoms with Crippen LogP contribution in [-0.4, -0.2) is 0 Å². The topological polar surface area (TPSA) is 0 Å². The molecule has 0 aliphatic rings. The van der Waals surface area contributed by atoms with Gasteiger partial charge in [0.05, 0.1) is 0 Å². The van der Waals surface area contributed by atoms with Crippen LogP contribution in [0.4, 0.5) is 0 Å². The number of unbranched alkanes of at least 4 members (excludes halogenated alkanes) is 14. The zero-order valence-corrected chi connectivity index (χ0v) is 19.2. The van der Waals surface area contributed by atoms with E-state index in [0.29, 0.717) is 0 Å². The van der Waals surface area contributed by atoms with Crippen LogP contribution in [0, 0.1) is 5.92 Å². The van der Waals surface area contributed by atoms with E-state index in [-0.39, 0.29) is 0 Å². The SMILES string of the molecule is C=C(CCCCCCCCCCCCCCCCCC(C)C)c1ccccc1. The molecule has 0 bridgehead atoms. The zero-order valence-electron chi connectivity index (χ0n) is 19.2. The average molecular weight is 385 g/mol. The van der Waals surface area contributed by atoms with Crippen LogP contribution >= 0.6 is 0 Å². The van der Waals surface area contributed by atoms with Crippen LogP contribution in [0.3, 0.4) is 0 Å². The molecule has 0 aromatic heterocycles. The molecular weight excluding hydrogens is 336 g/mol. The third-order valence-electron chi connectivity index (χ3n) is 5.94. The highest BCUT2D eigenvalue weighted by Gasteiger charge is 1.99. The summed E-state index contributed by atoms with van der Waals surface area (Å²) >= 11 is 0. The van der Waals surface area contributed by atoms with Crippen molar-refractivity contribution in [3.05, 3.63) is 42.5 Å². The van der Waals surface area contributed by atoms with E-state index in [1.807, 2.05) is 0 Å². The van der Waals surface area contributed by atoms with Crippen molar-refractivity contribution in [3.8, 4) is 0 Å². The lowest BCUT2D eigenvalue weighted by atomic mass is 10.00. The van der Waals surface area contributed by atoms with Gasteiger partial charge in [-0.25, -0.2) is 0 Å². The van der Waals surface area contributed by atoms with Crippen LogP contribution in [0.5, 0.6) is 0 Å². The molecule has 0 unspecified atom stereocenters. The summed E-state index contributed by atoms with van der Waals surface area (Å²) in [5.74, 6) is 0.889. The van der Waals surface area contributed by atoms with Crippen molar-refractivity contribution >= 4 is 5.57 Å². The van der Waals surface area contributed by atoms with Crippen molar-refractivity contribution in [1.29, 1.82) is 0 Å². The van der Waals surface area contributed by atoms with E-state index in [0.717, 1.165) is 12.3 Å². The lowest BCUT2D eigenvalue weighted by molar-refractivity contribution is 0.502. The Bertz CT molecular complexity index is 456. The molecule has 1 aromatic carbocycles. The second-order valence-electron chi connectivity index (χ2n) is 9.21. The maximum atomic E-state index is 4.24. The molecule has 0 aliphatic heterocycles. The van der Waals surface area contributed by atoms with Gasteiger partial charge in [-0.15, -0.1) is 0 Å². The van der Waals surface area contributed by atoms with Crippen LogP contribution in [-0.2, 0) is 0 Å². The Labute approximate surface area is 177 Å². The molecule has 1 aromatic rings. The highest BCUT2D eigenvalue weighted by molar-refractivity contribution is 5.62. The Kier molecular flexibility index (Phi) is 16.1. The normalized spacial score (nSPS) is 11.2. The molecule has 0 heterocycles. The fraction of sp³-hybridized carbons (Fsp3) is 0.714. The molecule has 0 spiro atoms. The lowest BCUT2D eigenvalue weighted by Crippen LogP contribution is -1.87. The summed E-state index contributed by atoms with van der Waals surface area (Å²) in [6.07, 6.45) is 24.1. The van der Waals surface area contributed by atoms with E-state index in [9.17, 15) is 0 Å². The van der Waals surface area contributed by atoms with Gasteiger partial charge >= 0.3 is 0 Å². The quantitative estimate of drug-likeness (QED) is 0.208. The van der Waals surface area contributed by atoms with Gasteiger partial charge in [0, 0.05) is 0 Å². The van der Waals surface area contributed by atoms with Crippen LogP contribution in [0.1, 0.15) is 129 Å². The Morgan fingerprint density at radius 3 is 1.43 bits per heavy atom. The standard InChI is InChI=1S/C28H48/c1-26(2)22-18-15-13-11-9-7-5-4-6-8-10-12-14-16-19-23-27(3)28-24-20-17-21-25-28/h17,20-21,24-26H,3-16,18-19,22-23H2,1-2H3. The van der Waals surface area contributed by atoms with E-state index in [1.165, 1.54) is 114 Å². The maximum absolute atomic E-state index is 4.24. The van der Waals surface area contributed by atoms with Gasteiger partial charge in [-0.2, -0.15) is 0 Å². The predicted octanol–water partition coefficient (Wildman–Crippen LogP) is 9.99. The number of benzene rings is 1. The summed E-state index contributed by atoms with van der Waals surface area (Å²) in [5, 5.41) is 0. The summed E-state index contributed by atoms with van der Waals surface area (Å²) < 4.78 is 0. The fourth-order valence-corrected chi connectivity index (χ4v) is 4.01. The zero-order chi connectivity index (χ0) is 20.3. The van der Waals surface area contributed by atoms with Gasteiger partial charge < -0.3 is 0 Å². The largest absolute Gasteiger partial charge is 0.0952 e. The van der Waals surface area contributed by atoms with Gasteiger partial charge in [0.2, 0.25) is 0 Å². The fourth-order valence-electron chi connectivity index (χ4n) is 4.01. The summed E-state index contributed by atoms with van der Waals surface area (Å²) in [4.78, 5) is 0. The van der Waals surface area contributed by atoms with Crippen LogP contribution in [0.25, 0.3) is 5.57 Å². The smallest absolute Gasteiger partial charge is 0.0230 e. The molecule has 0 nitrogen and oxygen atoms in total. The van der Waals surface area contributed by atoms with Gasteiger partial charge in [-0.05, 0) is 29.9 Å². The van der Waals surface area contributed by atoms with Crippen molar-refractivity contribution in [2.24, 2.45) is 5.92 Å². The molecule has 0 heteroatoms. The Hall–Kier alpha value is -1.04. The molecule has 0 saturated carbocycles. The Balaban J connectivity index is 1.75. The number of allylic oxidation sites excluding steroid dienone is 1. The minimum atomic E-state index is 0.889. The monoisotopic (exact) mass is 384 g/mol. The Morgan fingerprint density at radius 2 is 1.00 bits per heavy atom. The molecule has 0 fully saturated rings. The predicted molar refractivity (Wildman–Crippen MR) is 129 cm³/mol. The minimum absolute atomic E-state index is 0.889. The van der Waals surface area contributed by atoms with Gasteiger partial charge in [0.15, 0.2) is 0 Å². The molecule has 160 valence electrons. The van der Waals surface area contributed by atoms with E-state index >= 15 is 0 Å². The summed E-state index contributed by atoms with van der Waals surface area (Å²) in [7, 11) is 0. The first-order valence-electron chi connectivity index (χ1n) is 12.4. The van der Waals surface area contributed by atoms with Crippen molar-refractivity contribution in [3.63, 3.8) is 0 Å². The third-order valence-corrected chi connectivity index (χ3v) is 5.94. The van der Waals surface area contributed by atoms with Crippen LogP contribution < -0.4 is 0 Å². The third kappa shape index (κ3) is 14.9. The maximum Gasteiger partial charge on any atom is -0.0230 e. The molecule has 0 atom stereocenters. The van der Waals surface area contributed by atoms with Gasteiger partial charge in [-0.3, -0.25) is 0 Å². The highest BCUT2D eigenvalue weighted by Crippen LogP contribution is 2.20. The molecule has 0 saturated heterocycles. The molecule has 0 N–H and O–H groups in total. The van der Waals surface area contributed by atoms with E-state index in [2.05, 4.69) is 50.8 Å². The summed E-state index contributed by atoms with van der Waals surface area (Å²) in [6.45, 7) is 8.91. The number of hydrogen-bond acceptors (Lipinski definition) is 0. The Morgan fingerprint density at radius 1 is 0.607 bits per heavy atom. The van der Waals surface area contributed by atoms with Gasteiger partial charge in [-0.1, -0.05) is 147 Å². The first-order valence-corrected chi connectivity index (χ1v) is 12.4. The molecule has 0 aliphatic carbocycles. The average Bonchev–Trinajstić information content (AvgIpc) is 2.70. The first kappa shape index (κ1) is 25.0. The molecule has 28 heavy (non-hydrogen) atoms. The van der Waals surface area contributed by atoms with Gasteiger partial charge in [0.1, 0.15) is 0 Å². The minimum Gasteiger partial charge on any atom is -0.0952 e. The molecular formula is C28H48. The number of hydrogen-bond donors (Lipinski definition) is 0. The van der Waals surface area contributed by atoms with Crippen molar-refractivity contribution in [1.82, 2.24) is 0 Å². The van der Waals surface area contributed by atoms with Crippen LogP contribution in [0.2, 0.25) is 0 Å². The summed E-state index contributed by atoms with van der Waals surface area (Å²) in [5.41, 5.74) is 2.62. The van der Waals surface area contributed by atoms with E-state index in [4.69, 9.17) is 0 Å². The van der Waals surface area contributed by atoms with Crippen molar-refractivity contribution in [2.45, 2.75) is 123 Å². The second-order valence-corrected chi connectivity index (χ2v) is 9.21. The molecule has 1 rings (SSSR count). The van der Waals surface area contributed by atoms with Crippen LogP contribution in [0.15, 0.2) is 36.9 Å². The second kappa shape index (κ2) is 18.0. The van der Waals surface area contributed by atoms with Crippen molar-refractivity contribution < 1.29 is 0 Å². The summed E-state index contributed by atoms with van der Waals surface area (Å²) in [6, 6.07) is 10.6. The lowest BCUT2D eigenvalue weighted by Gasteiger charge is -2.06. The molecule has 0 radical (unpaired) electrons. The highest BCUT2D eigenvalue weighted by atomic mass is 14.0. The van der Waals surface area contributed by atoms with E-state index in [1.54, 1.807) is 0 Å². The molecule has 0 amide bonds. The number of rotatable bonds is 19. The first-order chi connectivity index (χ1) is 13.7. The van der Waals surface area contributed by atoms with Gasteiger partial charge in [0.25, 0.3) is 0 Å². The van der Waals surface area contributed by atoms with Crippen molar-refractivity contribution in [2.75, 3.05) is 0 Å². The van der Waals surface area contributed by atoms with E-state index < -0.39 is 0 Å².